The number of nitrogens with one attached hydrogen (secondary N) is 1. The van der Waals surface area contributed by atoms with Crippen molar-refractivity contribution in [3.8, 4) is 0 Å². The van der Waals surface area contributed by atoms with E-state index in [9.17, 15) is 14.7 Å². The highest BCUT2D eigenvalue weighted by Crippen LogP contribution is 2.31. The summed E-state index contributed by atoms with van der Waals surface area (Å²) in [6.07, 6.45) is -0.677. The highest BCUT2D eigenvalue weighted by Gasteiger charge is 2.33. The Balaban J connectivity index is 2.07. The SMILES string of the molecule is NC(CC(=O)O)C(=O)N[C@H]1c2ccccc2C[C@H]1O. The lowest BCUT2D eigenvalue weighted by Crippen LogP contribution is -2.45. The maximum Gasteiger partial charge on any atom is 0.305 e. The molecule has 5 N–H and O–H groups in total. The molecular formula is C13H16N2O4. The molecule has 0 radical (unpaired) electrons. The van der Waals surface area contributed by atoms with Crippen LogP contribution >= 0.6 is 0 Å². The molecule has 1 aromatic rings. The molecule has 1 amide bonds. The van der Waals surface area contributed by atoms with Crippen molar-refractivity contribution in [1.82, 2.24) is 5.32 Å². The quantitative estimate of drug-likeness (QED) is 0.589. The van der Waals surface area contributed by atoms with Gasteiger partial charge in [0.15, 0.2) is 0 Å². The van der Waals surface area contributed by atoms with Gasteiger partial charge in [0.1, 0.15) is 0 Å². The van der Waals surface area contributed by atoms with E-state index < -0.39 is 36.5 Å². The van der Waals surface area contributed by atoms with Crippen molar-refractivity contribution in [2.45, 2.75) is 31.0 Å². The van der Waals surface area contributed by atoms with Crippen LogP contribution < -0.4 is 11.1 Å². The summed E-state index contributed by atoms with van der Waals surface area (Å²) in [6.45, 7) is 0. The number of hydrogen-bond donors (Lipinski definition) is 4. The molecule has 6 heteroatoms. The van der Waals surface area contributed by atoms with E-state index in [-0.39, 0.29) is 0 Å². The second kappa shape index (κ2) is 5.38. The van der Waals surface area contributed by atoms with Crippen molar-refractivity contribution in [2.75, 3.05) is 0 Å². The van der Waals surface area contributed by atoms with Crippen LogP contribution in [0.4, 0.5) is 0 Å². The van der Waals surface area contributed by atoms with Gasteiger partial charge in [0.05, 0.1) is 24.6 Å². The maximum atomic E-state index is 11.8. The Morgan fingerprint density at radius 1 is 1.42 bits per heavy atom. The number of hydrogen-bond acceptors (Lipinski definition) is 4. The highest BCUT2D eigenvalue weighted by molar-refractivity contribution is 5.86. The molecule has 0 saturated heterocycles. The Morgan fingerprint density at radius 2 is 2.11 bits per heavy atom. The van der Waals surface area contributed by atoms with Crippen molar-refractivity contribution < 1.29 is 19.8 Å². The fraction of sp³-hybridized carbons (Fsp3) is 0.385. The number of aliphatic hydroxyl groups is 1. The van der Waals surface area contributed by atoms with Gasteiger partial charge in [-0.3, -0.25) is 9.59 Å². The van der Waals surface area contributed by atoms with Crippen LogP contribution in [0.5, 0.6) is 0 Å². The second-order valence-electron chi connectivity index (χ2n) is 4.66. The van der Waals surface area contributed by atoms with Crippen molar-refractivity contribution in [3.63, 3.8) is 0 Å². The predicted molar refractivity (Wildman–Crippen MR) is 67.3 cm³/mol. The first-order chi connectivity index (χ1) is 8.99. The molecule has 1 aliphatic rings. The van der Waals surface area contributed by atoms with Crippen molar-refractivity contribution >= 4 is 11.9 Å². The molecule has 6 nitrogen and oxygen atoms in total. The zero-order chi connectivity index (χ0) is 14.0. The van der Waals surface area contributed by atoms with Gasteiger partial charge in [0.2, 0.25) is 5.91 Å². The molecule has 102 valence electrons. The lowest BCUT2D eigenvalue weighted by atomic mass is 10.1. The van der Waals surface area contributed by atoms with Crippen LogP contribution in [0.15, 0.2) is 24.3 Å². The minimum atomic E-state index is -1.13. The Morgan fingerprint density at radius 3 is 2.79 bits per heavy atom. The Kier molecular flexibility index (Phi) is 3.82. The van der Waals surface area contributed by atoms with E-state index in [2.05, 4.69) is 5.32 Å². The summed E-state index contributed by atoms with van der Waals surface area (Å²) >= 11 is 0. The third-order valence-electron chi connectivity index (χ3n) is 3.23. The zero-order valence-electron chi connectivity index (χ0n) is 10.2. The summed E-state index contributed by atoms with van der Waals surface area (Å²) in [7, 11) is 0. The average Bonchev–Trinajstić information content (AvgIpc) is 2.65. The molecule has 1 aromatic carbocycles. The molecule has 0 spiro atoms. The van der Waals surface area contributed by atoms with Crippen molar-refractivity contribution in [3.05, 3.63) is 35.4 Å². The number of carbonyl (C=O) groups is 2. The molecule has 19 heavy (non-hydrogen) atoms. The number of rotatable bonds is 4. The van der Waals surface area contributed by atoms with Gasteiger partial charge < -0.3 is 21.3 Å². The molecule has 0 fully saturated rings. The van der Waals surface area contributed by atoms with Crippen LogP contribution in [0.25, 0.3) is 0 Å². The van der Waals surface area contributed by atoms with Crippen molar-refractivity contribution in [2.24, 2.45) is 5.73 Å². The van der Waals surface area contributed by atoms with Crippen LogP contribution in [0.2, 0.25) is 0 Å². The Bertz CT molecular complexity index is 503. The highest BCUT2D eigenvalue weighted by atomic mass is 16.4. The normalized spacial score (nSPS) is 22.6. The first-order valence-corrected chi connectivity index (χ1v) is 6.02. The van der Waals surface area contributed by atoms with Crippen LogP contribution in [0, 0.1) is 0 Å². The van der Waals surface area contributed by atoms with Gasteiger partial charge in [-0.15, -0.1) is 0 Å². The van der Waals surface area contributed by atoms with Gasteiger partial charge in [-0.05, 0) is 11.1 Å². The molecule has 0 heterocycles. The molecule has 2 rings (SSSR count). The van der Waals surface area contributed by atoms with E-state index >= 15 is 0 Å². The fourth-order valence-electron chi connectivity index (χ4n) is 2.29. The number of amides is 1. The first-order valence-electron chi connectivity index (χ1n) is 6.02. The van der Waals surface area contributed by atoms with E-state index in [1.807, 2.05) is 24.3 Å². The lowest BCUT2D eigenvalue weighted by Gasteiger charge is -2.20. The third-order valence-corrected chi connectivity index (χ3v) is 3.23. The standard InChI is InChI=1S/C13H16N2O4/c14-9(6-11(17)18)13(19)15-12-8-4-2-1-3-7(8)5-10(12)16/h1-4,9-10,12,16H,5-6,14H2,(H,15,19)(H,17,18)/t9?,10-,12+/m1/s1. The minimum Gasteiger partial charge on any atom is -0.481 e. The van der Waals surface area contributed by atoms with E-state index in [1.165, 1.54) is 0 Å². The molecule has 0 bridgehead atoms. The number of aliphatic hydroxyl groups excluding tert-OH is 1. The smallest absolute Gasteiger partial charge is 0.305 e. The molecule has 0 aliphatic heterocycles. The number of carboxylic acid groups (broad SMARTS) is 1. The monoisotopic (exact) mass is 264 g/mol. The molecule has 1 aliphatic carbocycles. The van der Waals surface area contributed by atoms with Gasteiger partial charge in [-0.2, -0.15) is 0 Å². The Labute approximate surface area is 110 Å². The van der Waals surface area contributed by atoms with Gasteiger partial charge in [0.25, 0.3) is 0 Å². The second-order valence-corrected chi connectivity index (χ2v) is 4.66. The fourth-order valence-corrected chi connectivity index (χ4v) is 2.29. The summed E-state index contributed by atoms with van der Waals surface area (Å²) in [4.78, 5) is 22.3. The molecule has 1 unspecified atom stereocenters. The third kappa shape index (κ3) is 2.91. The first kappa shape index (κ1) is 13.5. The van der Waals surface area contributed by atoms with Crippen LogP contribution in [0.1, 0.15) is 23.6 Å². The summed E-state index contributed by atoms with van der Waals surface area (Å²) in [6, 6.07) is 5.78. The number of fused-ring (bicyclic) bond motifs is 1. The Hall–Kier alpha value is -1.92. The van der Waals surface area contributed by atoms with E-state index in [4.69, 9.17) is 10.8 Å². The lowest BCUT2D eigenvalue weighted by molar-refractivity contribution is -0.139. The molecule has 3 atom stereocenters. The summed E-state index contributed by atoms with van der Waals surface area (Å²) < 4.78 is 0. The van der Waals surface area contributed by atoms with Gasteiger partial charge in [-0.1, -0.05) is 24.3 Å². The zero-order valence-corrected chi connectivity index (χ0v) is 10.2. The summed E-state index contributed by atoms with van der Waals surface area (Å²) in [5.74, 6) is -1.70. The summed E-state index contributed by atoms with van der Waals surface area (Å²) in [5.41, 5.74) is 7.32. The number of carbonyl (C=O) groups excluding carboxylic acids is 1. The molecule has 0 saturated carbocycles. The minimum absolute atomic E-state index is 0.434. The van der Waals surface area contributed by atoms with Gasteiger partial charge in [0, 0.05) is 6.42 Å². The van der Waals surface area contributed by atoms with E-state index in [0.29, 0.717) is 6.42 Å². The van der Waals surface area contributed by atoms with Crippen molar-refractivity contribution in [1.29, 1.82) is 0 Å². The van der Waals surface area contributed by atoms with E-state index in [1.54, 1.807) is 0 Å². The molecule has 0 aromatic heterocycles. The summed E-state index contributed by atoms with van der Waals surface area (Å²) in [5, 5.41) is 21.2. The number of benzene rings is 1. The van der Waals surface area contributed by atoms with Gasteiger partial charge in [-0.25, -0.2) is 0 Å². The van der Waals surface area contributed by atoms with E-state index in [0.717, 1.165) is 11.1 Å². The maximum absolute atomic E-state index is 11.8. The van der Waals surface area contributed by atoms with Crippen LogP contribution in [0.3, 0.4) is 0 Å². The largest absolute Gasteiger partial charge is 0.481 e. The van der Waals surface area contributed by atoms with Crippen LogP contribution in [-0.2, 0) is 16.0 Å². The van der Waals surface area contributed by atoms with Gasteiger partial charge >= 0.3 is 5.97 Å². The predicted octanol–water partition coefficient (Wildman–Crippen LogP) is -0.437. The number of nitrogens with two attached hydrogens (primary N) is 1. The number of aliphatic carboxylic acids is 1. The topological polar surface area (TPSA) is 113 Å². The number of carboxylic acids is 1. The van der Waals surface area contributed by atoms with Crippen LogP contribution in [-0.4, -0.2) is 34.2 Å². The average molecular weight is 264 g/mol. The molecular weight excluding hydrogens is 248 g/mol.